The molecule has 2 rings (SSSR count). The van der Waals surface area contributed by atoms with Crippen LogP contribution in [0.5, 0.6) is 0 Å². The predicted octanol–water partition coefficient (Wildman–Crippen LogP) is 0.681. The fraction of sp³-hybridized carbons (Fsp3) is 0.923. The summed E-state index contributed by atoms with van der Waals surface area (Å²) in [5, 5.41) is 3.28. The second kappa shape index (κ2) is 5.83. The average molecular weight is 239 g/mol. The van der Waals surface area contributed by atoms with Gasteiger partial charge in [-0.2, -0.15) is 0 Å². The van der Waals surface area contributed by atoms with Crippen molar-refractivity contribution >= 4 is 5.91 Å². The van der Waals surface area contributed by atoms with Crippen LogP contribution in [0.1, 0.15) is 32.6 Å². The van der Waals surface area contributed by atoms with Crippen molar-refractivity contribution in [3.8, 4) is 0 Å². The Morgan fingerprint density at radius 1 is 1.29 bits per heavy atom. The van der Waals surface area contributed by atoms with Gasteiger partial charge in [0.1, 0.15) is 0 Å². The molecule has 2 aliphatic heterocycles. The Morgan fingerprint density at radius 2 is 2.06 bits per heavy atom. The van der Waals surface area contributed by atoms with E-state index in [1.54, 1.807) is 0 Å². The van der Waals surface area contributed by atoms with Gasteiger partial charge in [0.25, 0.3) is 0 Å². The van der Waals surface area contributed by atoms with Crippen LogP contribution in [0.4, 0.5) is 0 Å². The zero-order valence-electron chi connectivity index (χ0n) is 11.1. The van der Waals surface area contributed by atoms with E-state index in [0.717, 1.165) is 26.1 Å². The maximum Gasteiger partial charge on any atom is 0.236 e. The van der Waals surface area contributed by atoms with Crippen molar-refractivity contribution in [2.75, 3.05) is 33.2 Å². The summed E-state index contributed by atoms with van der Waals surface area (Å²) in [7, 11) is 1.99. The Kier molecular flexibility index (Phi) is 4.40. The lowest BCUT2D eigenvalue weighted by Crippen LogP contribution is -2.50. The lowest BCUT2D eigenvalue weighted by Gasteiger charge is -2.34. The van der Waals surface area contributed by atoms with Crippen molar-refractivity contribution in [2.45, 2.75) is 44.7 Å². The summed E-state index contributed by atoms with van der Waals surface area (Å²) in [4.78, 5) is 16.6. The third-order valence-corrected chi connectivity index (χ3v) is 4.21. The molecule has 2 aliphatic rings. The van der Waals surface area contributed by atoms with Gasteiger partial charge in [0.05, 0.1) is 6.54 Å². The summed E-state index contributed by atoms with van der Waals surface area (Å²) in [6, 6.07) is 1.08. The minimum atomic E-state index is 0.318. The van der Waals surface area contributed by atoms with E-state index in [1.165, 1.54) is 19.3 Å². The van der Waals surface area contributed by atoms with Gasteiger partial charge in [-0.05, 0) is 46.2 Å². The minimum Gasteiger partial charge on any atom is -0.340 e. The largest absolute Gasteiger partial charge is 0.340 e. The van der Waals surface area contributed by atoms with Crippen LogP contribution < -0.4 is 5.32 Å². The average Bonchev–Trinajstić information content (AvgIpc) is 2.75. The summed E-state index contributed by atoms with van der Waals surface area (Å²) in [6.45, 7) is 5.78. The summed E-state index contributed by atoms with van der Waals surface area (Å²) in [5.41, 5.74) is 0. The molecule has 0 saturated carbocycles. The fourth-order valence-corrected chi connectivity index (χ4v) is 2.94. The number of carbonyl (C=O) groups excluding carboxylic acids is 1. The van der Waals surface area contributed by atoms with E-state index in [9.17, 15) is 4.79 Å². The van der Waals surface area contributed by atoms with Gasteiger partial charge in [-0.3, -0.25) is 9.69 Å². The molecule has 0 aliphatic carbocycles. The molecule has 0 radical (unpaired) electrons. The topological polar surface area (TPSA) is 35.6 Å². The number of rotatable bonds is 3. The maximum atomic E-state index is 12.2. The van der Waals surface area contributed by atoms with Crippen molar-refractivity contribution < 1.29 is 4.79 Å². The van der Waals surface area contributed by atoms with Gasteiger partial charge in [-0.25, -0.2) is 0 Å². The Hall–Kier alpha value is -0.610. The van der Waals surface area contributed by atoms with Crippen LogP contribution >= 0.6 is 0 Å². The molecular formula is C13H25N3O. The maximum absolute atomic E-state index is 12.2. The van der Waals surface area contributed by atoms with Crippen molar-refractivity contribution in [3.05, 3.63) is 0 Å². The van der Waals surface area contributed by atoms with Gasteiger partial charge >= 0.3 is 0 Å². The Labute approximate surface area is 104 Å². The predicted molar refractivity (Wildman–Crippen MR) is 68.9 cm³/mol. The first-order valence-corrected chi connectivity index (χ1v) is 6.90. The standard InChI is InChI=1S/C13H25N3O/c1-11-5-3-7-15(11)10-13(17)16-8-4-6-12(9-16)14-2/h11-12,14H,3-10H2,1-2H3/t11-,12+/m1/s1. The van der Waals surface area contributed by atoms with Gasteiger partial charge in [-0.15, -0.1) is 0 Å². The molecule has 2 atom stereocenters. The number of nitrogens with one attached hydrogen (secondary N) is 1. The zero-order valence-corrected chi connectivity index (χ0v) is 11.1. The highest BCUT2D eigenvalue weighted by Gasteiger charge is 2.27. The van der Waals surface area contributed by atoms with E-state index in [1.807, 2.05) is 11.9 Å². The molecule has 2 saturated heterocycles. The number of carbonyl (C=O) groups is 1. The Morgan fingerprint density at radius 3 is 2.71 bits per heavy atom. The Balaban J connectivity index is 1.82. The van der Waals surface area contributed by atoms with Crippen LogP contribution in [-0.4, -0.2) is 61.0 Å². The molecule has 98 valence electrons. The number of hydrogen-bond donors (Lipinski definition) is 1. The second-order valence-electron chi connectivity index (χ2n) is 5.43. The van der Waals surface area contributed by atoms with E-state index in [2.05, 4.69) is 17.1 Å². The van der Waals surface area contributed by atoms with Crippen molar-refractivity contribution in [2.24, 2.45) is 0 Å². The number of nitrogens with zero attached hydrogens (tertiary/aromatic N) is 2. The molecule has 2 fully saturated rings. The minimum absolute atomic E-state index is 0.318. The van der Waals surface area contributed by atoms with Gasteiger partial charge in [0.15, 0.2) is 0 Å². The fourth-order valence-electron chi connectivity index (χ4n) is 2.94. The molecule has 17 heavy (non-hydrogen) atoms. The first kappa shape index (κ1) is 12.8. The third kappa shape index (κ3) is 3.19. The summed E-state index contributed by atoms with van der Waals surface area (Å²) >= 11 is 0. The molecule has 1 N–H and O–H groups in total. The van der Waals surface area contributed by atoms with Crippen LogP contribution in [-0.2, 0) is 4.79 Å². The van der Waals surface area contributed by atoms with Gasteiger partial charge in [0, 0.05) is 25.2 Å². The first-order valence-electron chi connectivity index (χ1n) is 6.90. The SMILES string of the molecule is CN[C@H]1CCCN(C(=O)CN2CCC[C@H]2C)C1. The van der Waals surface area contributed by atoms with E-state index in [4.69, 9.17) is 0 Å². The van der Waals surface area contributed by atoms with Crippen LogP contribution in [0.3, 0.4) is 0 Å². The molecule has 0 spiro atoms. The molecule has 4 heteroatoms. The van der Waals surface area contributed by atoms with E-state index in [-0.39, 0.29) is 0 Å². The van der Waals surface area contributed by atoms with Gasteiger partial charge in [0.2, 0.25) is 5.91 Å². The third-order valence-electron chi connectivity index (χ3n) is 4.21. The monoisotopic (exact) mass is 239 g/mol. The molecule has 0 bridgehead atoms. The summed E-state index contributed by atoms with van der Waals surface area (Å²) < 4.78 is 0. The molecule has 0 aromatic heterocycles. The number of likely N-dealkylation sites (N-methyl/N-ethyl adjacent to an activating group) is 1. The van der Waals surface area contributed by atoms with Crippen molar-refractivity contribution in [3.63, 3.8) is 0 Å². The lowest BCUT2D eigenvalue weighted by molar-refractivity contribution is -0.133. The highest BCUT2D eigenvalue weighted by molar-refractivity contribution is 5.78. The number of piperidine rings is 1. The van der Waals surface area contributed by atoms with Crippen LogP contribution in [0.25, 0.3) is 0 Å². The highest BCUT2D eigenvalue weighted by Crippen LogP contribution is 2.17. The Bertz CT molecular complexity index is 269. The molecule has 4 nitrogen and oxygen atoms in total. The zero-order chi connectivity index (χ0) is 12.3. The van der Waals surface area contributed by atoms with E-state index < -0.39 is 0 Å². The second-order valence-corrected chi connectivity index (χ2v) is 5.43. The first-order chi connectivity index (χ1) is 8.20. The number of likely N-dealkylation sites (tertiary alicyclic amines) is 2. The summed E-state index contributed by atoms with van der Waals surface area (Å²) in [5.74, 6) is 0.318. The van der Waals surface area contributed by atoms with Gasteiger partial charge in [-0.1, -0.05) is 0 Å². The molecule has 0 aromatic rings. The molecule has 2 heterocycles. The van der Waals surface area contributed by atoms with E-state index >= 15 is 0 Å². The van der Waals surface area contributed by atoms with Crippen molar-refractivity contribution in [1.82, 2.24) is 15.1 Å². The van der Waals surface area contributed by atoms with E-state index in [0.29, 0.717) is 24.5 Å². The quantitative estimate of drug-likeness (QED) is 0.787. The van der Waals surface area contributed by atoms with Crippen molar-refractivity contribution in [1.29, 1.82) is 0 Å². The van der Waals surface area contributed by atoms with Crippen LogP contribution in [0.15, 0.2) is 0 Å². The normalized spacial score (nSPS) is 30.8. The van der Waals surface area contributed by atoms with Crippen LogP contribution in [0.2, 0.25) is 0 Å². The smallest absolute Gasteiger partial charge is 0.236 e. The number of amides is 1. The molecule has 0 aromatic carbocycles. The molecular weight excluding hydrogens is 214 g/mol. The summed E-state index contributed by atoms with van der Waals surface area (Å²) in [6.07, 6.45) is 4.81. The molecule has 0 unspecified atom stereocenters. The molecule has 1 amide bonds. The van der Waals surface area contributed by atoms with Crippen LogP contribution in [0, 0.1) is 0 Å². The highest BCUT2D eigenvalue weighted by atomic mass is 16.2. The van der Waals surface area contributed by atoms with Gasteiger partial charge < -0.3 is 10.2 Å². The lowest BCUT2D eigenvalue weighted by atomic mass is 10.1. The number of hydrogen-bond acceptors (Lipinski definition) is 3.